The van der Waals surface area contributed by atoms with Crippen molar-refractivity contribution < 1.29 is 4.74 Å². The number of nitrogens with zero attached hydrogens (tertiary/aromatic N) is 4. The maximum absolute atomic E-state index is 5.35. The van der Waals surface area contributed by atoms with Gasteiger partial charge in [0, 0.05) is 23.2 Å². The van der Waals surface area contributed by atoms with E-state index in [1.165, 1.54) is 5.56 Å². The van der Waals surface area contributed by atoms with Gasteiger partial charge in [-0.3, -0.25) is 0 Å². The fourth-order valence-corrected chi connectivity index (χ4v) is 2.47. The third-order valence-electron chi connectivity index (χ3n) is 3.31. The second-order valence-electron chi connectivity index (χ2n) is 4.83. The van der Waals surface area contributed by atoms with Crippen LogP contribution in [0.15, 0.2) is 28.9 Å². The summed E-state index contributed by atoms with van der Waals surface area (Å²) in [6.45, 7) is 5.14. The molecule has 7 heteroatoms. The maximum Gasteiger partial charge on any atom is 0.249 e. The molecule has 1 saturated heterocycles. The Balaban J connectivity index is 1.77. The Morgan fingerprint density at radius 2 is 2.10 bits per heavy atom. The van der Waals surface area contributed by atoms with Crippen LogP contribution in [0.5, 0.6) is 0 Å². The SMILES string of the molecule is Cc1ccc(Nc2nncc(N3CCOCC3)n2)cc1Br. The average molecular weight is 350 g/mol. The minimum absolute atomic E-state index is 0.495. The molecular weight excluding hydrogens is 334 g/mol. The lowest BCUT2D eigenvalue weighted by atomic mass is 10.2. The van der Waals surface area contributed by atoms with E-state index in [1.54, 1.807) is 6.20 Å². The van der Waals surface area contributed by atoms with Crippen LogP contribution in [0, 0.1) is 6.92 Å². The smallest absolute Gasteiger partial charge is 0.249 e. The molecular formula is C14H16BrN5O. The number of ether oxygens (including phenoxy) is 1. The molecule has 6 nitrogen and oxygen atoms in total. The summed E-state index contributed by atoms with van der Waals surface area (Å²) in [5, 5.41) is 11.2. The van der Waals surface area contributed by atoms with Crippen LogP contribution in [-0.2, 0) is 4.74 Å². The molecule has 110 valence electrons. The summed E-state index contributed by atoms with van der Waals surface area (Å²) in [6.07, 6.45) is 1.68. The molecule has 1 N–H and O–H groups in total. The zero-order valence-electron chi connectivity index (χ0n) is 11.7. The molecule has 1 aliphatic rings. The lowest BCUT2D eigenvalue weighted by Crippen LogP contribution is -2.36. The van der Waals surface area contributed by atoms with Crippen LogP contribution in [0.25, 0.3) is 0 Å². The van der Waals surface area contributed by atoms with Crippen molar-refractivity contribution in [3.63, 3.8) is 0 Å². The predicted molar refractivity (Wildman–Crippen MR) is 85.0 cm³/mol. The summed E-state index contributed by atoms with van der Waals surface area (Å²) in [5.74, 6) is 1.32. The highest BCUT2D eigenvalue weighted by molar-refractivity contribution is 9.10. The van der Waals surface area contributed by atoms with E-state index in [4.69, 9.17) is 4.74 Å². The van der Waals surface area contributed by atoms with Gasteiger partial charge >= 0.3 is 0 Å². The minimum atomic E-state index is 0.495. The molecule has 0 amide bonds. The first-order chi connectivity index (χ1) is 10.2. The first-order valence-electron chi connectivity index (χ1n) is 6.78. The zero-order valence-corrected chi connectivity index (χ0v) is 13.3. The van der Waals surface area contributed by atoms with Gasteiger partial charge in [-0.1, -0.05) is 22.0 Å². The molecule has 0 aliphatic carbocycles. The van der Waals surface area contributed by atoms with Crippen molar-refractivity contribution in [3.8, 4) is 0 Å². The fraction of sp³-hybridized carbons (Fsp3) is 0.357. The molecule has 0 bridgehead atoms. The Morgan fingerprint density at radius 3 is 2.86 bits per heavy atom. The third-order valence-corrected chi connectivity index (χ3v) is 4.16. The van der Waals surface area contributed by atoms with Crippen molar-refractivity contribution >= 4 is 33.4 Å². The van der Waals surface area contributed by atoms with Crippen molar-refractivity contribution in [3.05, 3.63) is 34.4 Å². The second kappa shape index (κ2) is 6.36. The van der Waals surface area contributed by atoms with Gasteiger partial charge in [-0.25, -0.2) is 0 Å². The lowest BCUT2D eigenvalue weighted by molar-refractivity contribution is 0.122. The molecule has 2 aromatic rings. The quantitative estimate of drug-likeness (QED) is 0.918. The Morgan fingerprint density at radius 1 is 1.29 bits per heavy atom. The number of aryl methyl sites for hydroxylation is 1. The summed E-state index contributed by atoms with van der Waals surface area (Å²) in [5.41, 5.74) is 2.11. The molecule has 0 radical (unpaired) electrons. The third kappa shape index (κ3) is 3.48. The van der Waals surface area contributed by atoms with Crippen LogP contribution < -0.4 is 10.2 Å². The summed E-state index contributed by atoms with van der Waals surface area (Å²) in [7, 11) is 0. The van der Waals surface area contributed by atoms with Crippen molar-refractivity contribution in [2.75, 3.05) is 36.5 Å². The van der Waals surface area contributed by atoms with E-state index in [-0.39, 0.29) is 0 Å². The molecule has 0 spiro atoms. The molecule has 0 atom stereocenters. The summed E-state index contributed by atoms with van der Waals surface area (Å²) < 4.78 is 6.39. The van der Waals surface area contributed by atoms with Gasteiger partial charge in [-0.05, 0) is 24.6 Å². The summed E-state index contributed by atoms with van der Waals surface area (Å²) >= 11 is 3.52. The van der Waals surface area contributed by atoms with Gasteiger partial charge in [-0.2, -0.15) is 10.1 Å². The van der Waals surface area contributed by atoms with Crippen LogP contribution in [0.2, 0.25) is 0 Å². The molecule has 0 unspecified atom stereocenters. The van der Waals surface area contributed by atoms with Crippen LogP contribution in [-0.4, -0.2) is 41.5 Å². The topological polar surface area (TPSA) is 63.2 Å². The molecule has 1 fully saturated rings. The number of anilines is 3. The van der Waals surface area contributed by atoms with Crippen LogP contribution in [0.1, 0.15) is 5.56 Å². The highest BCUT2D eigenvalue weighted by Gasteiger charge is 2.13. The number of morpholine rings is 1. The van der Waals surface area contributed by atoms with E-state index in [0.717, 1.165) is 42.3 Å². The molecule has 21 heavy (non-hydrogen) atoms. The lowest BCUT2D eigenvalue weighted by Gasteiger charge is -2.27. The molecule has 1 aromatic heterocycles. The monoisotopic (exact) mass is 349 g/mol. The van der Waals surface area contributed by atoms with Crippen molar-refractivity contribution in [1.29, 1.82) is 0 Å². The van der Waals surface area contributed by atoms with Gasteiger partial charge in [0.05, 0.1) is 19.4 Å². The van der Waals surface area contributed by atoms with Crippen molar-refractivity contribution in [2.24, 2.45) is 0 Å². The highest BCUT2D eigenvalue weighted by atomic mass is 79.9. The second-order valence-corrected chi connectivity index (χ2v) is 5.68. The first-order valence-corrected chi connectivity index (χ1v) is 7.57. The van der Waals surface area contributed by atoms with Crippen LogP contribution >= 0.6 is 15.9 Å². The van der Waals surface area contributed by atoms with E-state index in [0.29, 0.717) is 5.95 Å². The van der Waals surface area contributed by atoms with Crippen LogP contribution in [0.4, 0.5) is 17.5 Å². The first kappa shape index (κ1) is 14.2. The van der Waals surface area contributed by atoms with Gasteiger partial charge < -0.3 is 15.0 Å². The van der Waals surface area contributed by atoms with E-state index >= 15 is 0 Å². The highest BCUT2D eigenvalue weighted by Crippen LogP contribution is 2.22. The largest absolute Gasteiger partial charge is 0.378 e. The zero-order chi connectivity index (χ0) is 14.7. The van der Waals surface area contributed by atoms with E-state index < -0.39 is 0 Å². The van der Waals surface area contributed by atoms with Gasteiger partial charge in [0.25, 0.3) is 0 Å². The van der Waals surface area contributed by atoms with Gasteiger partial charge in [0.2, 0.25) is 5.95 Å². The number of hydrogen-bond acceptors (Lipinski definition) is 6. The van der Waals surface area contributed by atoms with E-state index in [9.17, 15) is 0 Å². The van der Waals surface area contributed by atoms with Gasteiger partial charge in [0.15, 0.2) is 5.82 Å². The molecule has 1 aromatic carbocycles. The molecule has 2 heterocycles. The number of benzene rings is 1. The standard InChI is InChI=1S/C14H16BrN5O/c1-10-2-3-11(8-12(10)15)17-14-18-13(9-16-19-14)20-4-6-21-7-5-20/h2-3,8-9H,4-7H2,1H3,(H,17,18,19). The van der Waals surface area contributed by atoms with E-state index in [1.807, 2.05) is 25.1 Å². The maximum atomic E-state index is 5.35. The Labute approximate surface area is 131 Å². The average Bonchev–Trinajstić information content (AvgIpc) is 2.52. The fourth-order valence-electron chi connectivity index (χ4n) is 2.09. The summed E-state index contributed by atoms with van der Waals surface area (Å²) in [4.78, 5) is 6.66. The number of aromatic nitrogens is 3. The Bertz CT molecular complexity index is 631. The van der Waals surface area contributed by atoms with Gasteiger partial charge in [-0.15, -0.1) is 5.10 Å². The Hall–Kier alpha value is -1.73. The number of hydrogen-bond donors (Lipinski definition) is 1. The predicted octanol–water partition coefficient (Wildman–Crippen LogP) is 2.52. The minimum Gasteiger partial charge on any atom is -0.378 e. The van der Waals surface area contributed by atoms with Crippen molar-refractivity contribution in [1.82, 2.24) is 15.2 Å². The van der Waals surface area contributed by atoms with E-state index in [2.05, 4.69) is 41.3 Å². The number of halogens is 1. The molecule has 0 saturated carbocycles. The van der Waals surface area contributed by atoms with Gasteiger partial charge in [0.1, 0.15) is 0 Å². The molecule has 1 aliphatic heterocycles. The number of rotatable bonds is 3. The van der Waals surface area contributed by atoms with Crippen molar-refractivity contribution in [2.45, 2.75) is 6.92 Å². The van der Waals surface area contributed by atoms with Crippen LogP contribution in [0.3, 0.4) is 0 Å². The molecule has 3 rings (SSSR count). The Kier molecular flexibility index (Phi) is 4.31. The summed E-state index contributed by atoms with van der Waals surface area (Å²) in [6, 6.07) is 6.02. The normalized spacial score (nSPS) is 15.0. The number of nitrogens with one attached hydrogen (secondary N) is 1.